The zero-order chi connectivity index (χ0) is 47.2. The van der Waals surface area contributed by atoms with E-state index in [1.807, 2.05) is 65.8 Å². The SMILES string of the molecule is C=CCOC12Oc3ccc(Oc4ccc(SC)cc4)cc3C3C(CCCCO)C(CCCCO)C=C(C(=NOCc4ccc([N+](=O)[O-])cc4)CC1N(Cc1ccc4c(c1)OCO4)C(=O)C1CC1)C32. The summed E-state index contributed by atoms with van der Waals surface area (Å²) in [5.74, 6) is 0.872. The molecular weight excluding hydrogens is 887 g/mol. The first-order valence-corrected chi connectivity index (χ1v) is 24.9. The molecule has 2 heterocycles. The van der Waals surface area contributed by atoms with Crippen LogP contribution in [0.1, 0.15) is 80.4 Å². The standard InChI is InChI=1S/C53H59N3O11S/c1-3-26-64-53-49(55(52(59)36-13-14-36)31-35-12-22-47-48(27-35)63-33-62-47)30-45(54-65-32-34-10-15-38(16-11-34)56(60)61)43-28-37(8-4-6-24-57)42(9-5-7-25-58)50(51(43)53)44-29-40(19-23-46(44)67-53)66-39-17-20-41(68-2)21-18-39/h3,10-12,15-23,27-29,36-37,42,49-51,57-58H,1,4-9,13-14,24-26,30-33H2,2H3. The second kappa shape index (κ2) is 21.2. The van der Waals surface area contributed by atoms with Gasteiger partial charge in [0.25, 0.3) is 5.69 Å². The van der Waals surface area contributed by atoms with E-state index in [2.05, 4.69) is 18.7 Å². The summed E-state index contributed by atoms with van der Waals surface area (Å²) in [6, 6.07) is 25.2. The van der Waals surface area contributed by atoms with Crippen molar-refractivity contribution < 1.29 is 48.5 Å². The van der Waals surface area contributed by atoms with E-state index in [9.17, 15) is 20.3 Å². The molecule has 0 radical (unpaired) electrons. The van der Waals surface area contributed by atoms with Gasteiger partial charge in [0, 0.05) is 60.6 Å². The van der Waals surface area contributed by atoms with Crippen molar-refractivity contribution in [3.8, 4) is 28.7 Å². The summed E-state index contributed by atoms with van der Waals surface area (Å²) in [6.07, 6.45) is 12.2. The van der Waals surface area contributed by atoms with Crippen molar-refractivity contribution in [3.63, 3.8) is 0 Å². The average Bonchev–Trinajstić information content (AvgIpc) is 4.11. The van der Waals surface area contributed by atoms with Gasteiger partial charge in [-0.1, -0.05) is 36.2 Å². The first-order valence-electron chi connectivity index (χ1n) is 23.7. The predicted molar refractivity (Wildman–Crippen MR) is 257 cm³/mol. The Balaban J connectivity index is 1.22. The maximum atomic E-state index is 15.0. The van der Waals surface area contributed by atoms with Crippen molar-refractivity contribution >= 4 is 29.1 Å². The molecule has 5 aliphatic rings. The molecule has 14 nitrogen and oxygen atoms in total. The molecule has 4 aromatic carbocycles. The van der Waals surface area contributed by atoms with E-state index in [1.165, 1.54) is 12.1 Å². The highest BCUT2D eigenvalue weighted by molar-refractivity contribution is 7.98. The number of nitrogens with zero attached hydrogens (tertiary/aromatic N) is 3. The van der Waals surface area contributed by atoms with E-state index in [0.717, 1.165) is 60.1 Å². The zero-order valence-electron chi connectivity index (χ0n) is 38.3. The quantitative estimate of drug-likeness (QED) is 0.0252. The van der Waals surface area contributed by atoms with Crippen LogP contribution < -0.4 is 18.9 Å². The third-order valence-electron chi connectivity index (χ3n) is 13.9. The Hall–Kier alpha value is -5.87. The lowest BCUT2D eigenvalue weighted by Gasteiger charge is -2.60. The van der Waals surface area contributed by atoms with Gasteiger partial charge in [0.1, 0.15) is 29.9 Å². The molecular formula is C53H59N3O11S. The van der Waals surface area contributed by atoms with Gasteiger partial charge in [-0.3, -0.25) is 14.9 Å². The molecule has 358 valence electrons. The van der Waals surface area contributed by atoms with Crippen LogP contribution in [0.2, 0.25) is 0 Å². The topological polar surface area (TPSA) is 172 Å². The zero-order valence-corrected chi connectivity index (χ0v) is 39.2. The minimum absolute atomic E-state index is 0.00723. The molecule has 68 heavy (non-hydrogen) atoms. The lowest BCUT2D eigenvalue weighted by molar-refractivity contribution is -0.384. The molecule has 2 aliphatic heterocycles. The number of aliphatic hydroxyl groups is 2. The third kappa shape index (κ3) is 9.98. The largest absolute Gasteiger partial charge is 0.459 e. The average molecular weight is 946 g/mol. The number of non-ortho nitro benzene ring substituents is 1. The smallest absolute Gasteiger partial charge is 0.269 e. The van der Waals surface area contributed by atoms with Gasteiger partial charge in [-0.05, 0) is 140 Å². The van der Waals surface area contributed by atoms with Crippen LogP contribution in [-0.4, -0.2) is 76.4 Å². The highest BCUT2D eigenvalue weighted by Gasteiger charge is 2.66. The maximum absolute atomic E-state index is 15.0. The van der Waals surface area contributed by atoms with Gasteiger partial charge in [-0.2, -0.15) is 0 Å². The molecule has 2 saturated carbocycles. The summed E-state index contributed by atoms with van der Waals surface area (Å²) in [6.45, 7) is 4.75. The highest BCUT2D eigenvalue weighted by Crippen LogP contribution is 2.62. The molecule has 2 fully saturated rings. The van der Waals surface area contributed by atoms with Crippen LogP contribution in [0, 0.1) is 33.8 Å². The number of fused-ring (bicyclic) bond motifs is 3. The van der Waals surface area contributed by atoms with Gasteiger partial charge in [-0.25, -0.2) is 0 Å². The number of nitro benzene ring substituents is 1. The fraction of sp³-hybridized carbons (Fsp3) is 0.434. The molecule has 3 aliphatic carbocycles. The number of benzene rings is 4. The number of nitro groups is 1. The summed E-state index contributed by atoms with van der Waals surface area (Å²) in [7, 11) is 0. The van der Waals surface area contributed by atoms with Crippen molar-refractivity contribution in [2.75, 3.05) is 32.9 Å². The van der Waals surface area contributed by atoms with E-state index in [0.29, 0.717) is 52.9 Å². The van der Waals surface area contributed by atoms with Crippen LogP contribution in [0.5, 0.6) is 28.7 Å². The first-order chi connectivity index (χ1) is 33.2. The Labute approximate surface area is 401 Å². The minimum atomic E-state index is -1.45. The lowest BCUT2D eigenvalue weighted by atomic mass is 9.55. The van der Waals surface area contributed by atoms with E-state index < -0.39 is 22.7 Å². The third-order valence-corrected chi connectivity index (χ3v) is 14.6. The van der Waals surface area contributed by atoms with Crippen LogP contribution in [0.3, 0.4) is 0 Å². The normalized spacial score (nSPS) is 23.7. The predicted octanol–water partition coefficient (Wildman–Crippen LogP) is 10.1. The molecule has 6 unspecified atom stereocenters. The Bertz CT molecular complexity index is 2510. The van der Waals surface area contributed by atoms with Gasteiger partial charge >= 0.3 is 0 Å². The minimum Gasteiger partial charge on any atom is -0.459 e. The number of carbonyl (C=O) groups is 1. The number of amides is 1. The van der Waals surface area contributed by atoms with Gasteiger partial charge in [0.05, 0.1) is 23.2 Å². The Morgan fingerprint density at radius 3 is 2.37 bits per heavy atom. The molecule has 0 saturated heterocycles. The molecule has 9 rings (SSSR count). The fourth-order valence-corrected chi connectivity index (χ4v) is 10.9. The molecule has 0 spiro atoms. The van der Waals surface area contributed by atoms with Crippen molar-refractivity contribution in [1.29, 1.82) is 0 Å². The fourth-order valence-electron chi connectivity index (χ4n) is 10.5. The lowest BCUT2D eigenvalue weighted by Crippen LogP contribution is -2.70. The highest BCUT2D eigenvalue weighted by atomic mass is 32.2. The number of allylic oxidation sites excluding steroid dienone is 1. The van der Waals surface area contributed by atoms with E-state index >= 15 is 4.79 Å². The molecule has 0 bridgehead atoms. The van der Waals surface area contributed by atoms with E-state index in [1.54, 1.807) is 30.0 Å². The summed E-state index contributed by atoms with van der Waals surface area (Å²) in [5.41, 5.74) is 4.03. The van der Waals surface area contributed by atoms with Gasteiger partial charge < -0.3 is 43.6 Å². The number of rotatable bonds is 22. The Kier molecular flexibility index (Phi) is 14.7. The Morgan fingerprint density at radius 1 is 0.926 bits per heavy atom. The molecule has 0 aromatic heterocycles. The van der Waals surface area contributed by atoms with Crippen LogP contribution in [0.25, 0.3) is 0 Å². The van der Waals surface area contributed by atoms with Gasteiger partial charge in [-0.15, -0.1) is 18.3 Å². The van der Waals surface area contributed by atoms with Crippen molar-refractivity contribution in [2.24, 2.45) is 28.8 Å². The summed E-state index contributed by atoms with van der Waals surface area (Å²) in [5, 5.41) is 36.5. The second-order valence-electron chi connectivity index (χ2n) is 18.2. The number of carbonyl (C=O) groups excluding carboxylic acids is 1. The summed E-state index contributed by atoms with van der Waals surface area (Å²) < 4.78 is 32.7. The summed E-state index contributed by atoms with van der Waals surface area (Å²) in [4.78, 5) is 35.3. The van der Waals surface area contributed by atoms with Gasteiger partial charge in [0.2, 0.25) is 18.5 Å². The van der Waals surface area contributed by atoms with Crippen molar-refractivity contribution in [2.45, 2.75) is 93.6 Å². The molecule has 15 heteroatoms. The number of hydrogen-bond acceptors (Lipinski definition) is 13. The van der Waals surface area contributed by atoms with Gasteiger partial charge in [0.15, 0.2) is 11.5 Å². The van der Waals surface area contributed by atoms with Crippen molar-refractivity contribution in [3.05, 3.63) is 136 Å². The van der Waals surface area contributed by atoms with Crippen molar-refractivity contribution in [1.82, 2.24) is 4.90 Å². The van der Waals surface area contributed by atoms with E-state index in [-0.39, 0.29) is 81.5 Å². The number of unbranched alkanes of at least 4 members (excludes halogenated alkanes) is 2. The van der Waals surface area contributed by atoms with Crippen LogP contribution in [0.4, 0.5) is 5.69 Å². The first kappa shape index (κ1) is 47.2. The van der Waals surface area contributed by atoms with E-state index in [4.69, 9.17) is 33.7 Å². The number of hydrogen-bond donors (Lipinski definition) is 2. The number of oxime groups is 1. The maximum Gasteiger partial charge on any atom is 0.269 e. The molecule has 2 N–H and O–H groups in total. The summed E-state index contributed by atoms with van der Waals surface area (Å²) >= 11 is 1.66. The second-order valence-corrected chi connectivity index (χ2v) is 19.1. The number of ether oxygens (including phenoxy) is 5. The molecule has 6 atom stereocenters. The number of thioether (sulfide) groups is 1. The molecule has 4 aromatic rings. The number of aliphatic hydroxyl groups excluding tert-OH is 2. The van der Waals surface area contributed by atoms with Crippen LogP contribution >= 0.6 is 11.8 Å². The van der Waals surface area contributed by atoms with Crippen LogP contribution in [-0.2, 0) is 27.5 Å². The monoisotopic (exact) mass is 945 g/mol. The Morgan fingerprint density at radius 2 is 1.65 bits per heavy atom. The van der Waals surface area contributed by atoms with Crippen LogP contribution in [0.15, 0.2) is 119 Å². The molecule has 1 amide bonds.